The third-order valence-electron chi connectivity index (χ3n) is 3.01. The van der Waals surface area contributed by atoms with E-state index in [4.69, 9.17) is 5.11 Å². The molecule has 4 nitrogen and oxygen atoms in total. The fourth-order valence-corrected chi connectivity index (χ4v) is 2.02. The van der Waals surface area contributed by atoms with Crippen molar-refractivity contribution in [3.05, 3.63) is 11.6 Å². The Balaban J connectivity index is 2.36. The van der Waals surface area contributed by atoms with Gasteiger partial charge in [-0.1, -0.05) is 19.4 Å². The summed E-state index contributed by atoms with van der Waals surface area (Å²) < 4.78 is 0. The summed E-state index contributed by atoms with van der Waals surface area (Å²) in [6.45, 7) is 4.84. The molecule has 1 aliphatic rings. The summed E-state index contributed by atoms with van der Waals surface area (Å²) in [5.74, 6) is -0.250. The van der Waals surface area contributed by atoms with Gasteiger partial charge in [0.05, 0.1) is 0 Å². The van der Waals surface area contributed by atoms with Gasteiger partial charge < -0.3 is 10.4 Å². The zero-order chi connectivity index (χ0) is 12.8. The van der Waals surface area contributed by atoms with Crippen LogP contribution in [0.2, 0.25) is 0 Å². The summed E-state index contributed by atoms with van der Waals surface area (Å²) in [4.78, 5) is 22.3. The molecule has 96 valence electrons. The molecule has 0 aromatic heterocycles. The van der Waals surface area contributed by atoms with Crippen molar-refractivity contribution in [1.82, 2.24) is 5.32 Å². The number of rotatable bonds is 4. The Kier molecular flexibility index (Phi) is 5.19. The lowest BCUT2D eigenvalue weighted by Crippen LogP contribution is -2.34. The van der Waals surface area contributed by atoms with E-state index < -0.39 is 5.97 Å². The molecule has 17 heavy (non-hydrogen) atoms. The summed E-state index contributed by atoms with van der Waals surface area (Å²) in [5.41, 5.74) is 0.949. The Morgan fingerprint density at radius 2 is 2.00 bits per heavy atom. The first-order chi connectivity index (χ1) is 7.99. The number of carboxylic acids is 1. The van der Waals surface area contributed by atoms with Crippen molar-refractivity contribution in [2.75, 3.05) is 6.54 Å². The van der Waals surface area contributed by atoms with Crippen molar-refractivity contribution in [3.63, 3.8) is 0 Å². The minimum absolute atomic E-state index is 0.0553. The number of hydrogen-bond acceptors (Lipinski definition) is 2. The molecule has 0 aromatic carbocycles. The monoisotopic (exact) mass is 239 g/mol. The molecule has 1 rings (SSSR count). The van der Waals surface area contributed by atoms with Crippen molar-refractivity contribution in [3.8, 4) is 0 Å². The van der Waals surface area contributed by atoms with Gasteiger partial charge in [0.15, 0.2) is 0 Å². The van der Waals surface area contributed by atoms with Crippen LogP contribution in [0.15, 0.2) is 11.6 Å². The first-order valence-corrected chi connectivity index (χ1v) is 6.19. The van der Waals surface area contributed by atoms with Gasteiger partial charge in [-0.2, -0.15) is 0 Å². The van der Waals surface area contributed by atoms with Crippen LogP contribution in [0.25, 0.3) is 0 Å². The van der Waals surface area contributed by atoms with Gasteiger partial charge in [0.2, 0.25) is 5.91 Å². The van der Waals surface area contributed by atoms with Crippen LogP contribution < -0.4 is 5.32 Å². The summed E-state index contributed by atoms with van der Waals surface area (Å²) in [5, 5.41) is 11.6. The molecule has 0 aliphatic heterocycles. The van der Waals surface area contributed by atoms with Crippen LogP contribution in [0, 0.1) is 11.8 Å². The van der Waals surface area contributed by atoms with Gasteiger partial charge in [-0.05, 0) is 31.6 Å². The minimum Gasteiger partial charge on any atom is -0.478 e. The van der Waals surface area contributed by atoms with E-state index in [1.165, 1.54) is 6.08 Å². The van der Waals surface area contributed by atoms with Crippen LogP contribution in [0.1, 0.15) is 39.5 Å². The lowest BCUT2D eigenvalue weighted by Gasteiger charge is -2.23. The first-order valence-electron chi connectivity index (χ1n) is 6.19. The molecule has 4 heteroatoms. The maximum atomic E-state index is 11.8. The maximum absolute atomic E-state index is 11.8. The zero-order valence-corrected chi connectivity index (χ0v) is 10.5. The molecular formula is C13H21NO3. The molecule has 0 atom stereocenters. The van der Waals surface area contributed by atoms with E-state index in [2.05, 4.69) is 19.2 Å². The van der Waals surface area contributed by atoms with E-state index in [1.54, 1.807) is 0 Å². The fraction of sp³-hybridized carbons (Fsp3) is 0.692. The second-order valence-corrected chi connectivity index (χ2v) is 5.05. The average molecular weight is 239 g/mol. The Morgan fingerprint density at radius 1 is 1.41 bits per heavy atom. The average Bonchev–Trinajstić information content (AvgIpc) is 2.26. The van der Waals surface area contributed by atoms with E-state index in [-0.39, 0.29) is 11.8 Å². The quantitative estimate of drug-likeness (QED) is 0.737. The molecule has 1 aliphatic carbocycles. The second kappa shape index (κ2) is 6.42. The highest BCUT2D eigenvalue weighted by molar-refractivity contribution is 5.81. The molecule has 1 saturated carbocycles. The van der Waals surface area contributed by atoms with Gasteiger partial charge >= 0.3 is 5.97 Å². The van der Waals surface area contributed by atoms with Crippen molar-refractivity contribution in [2.24, 2.45) is 11.8 Å². The number of amides is 1. The van der Waals surface area contributed by atoms with Crippen LogP contribution in [-0.4, -0.2) is 23.5 Å². The SMILES string of the molecule is CC(C)CNC(=O)C1CCC(=CC(=O)O)CC1. The Hall–Kier alpha value is -1.32. The van der Waals surface area contributed by atoms with E-state index in [0.717, 1.165) is 31.3 Å². The highest BCUT2D eigenvalue weighted by atomic mass is 16.4. The lowest BCUT2D eigenvalue weighted by atomic mass is 9.85. The minimum atomic E-state index is -0.886. The van der Waals surface area contributed by atoms with Gasteiger partial charge in [-0.25, -0.2) is 4.79 Å². The highest BCUT2D eigenvalue weighted by Crippen LogP contribution is 2.28. The summed E-state index contributed by atoms with van der Waals surface area (Å²) in [6.07, 6.45) is 4.27. The predicted molar refractivity (Wildman–Crippen MR) is 65.5 cm³/mol. The summed E-state index contributed by atoms with van der Waals surface area (Å²) in [7, 11) is 0. The van der Waals surface area contributed by atoms with Crippen molar-refractivity contribution < 1.29 is 14.7 Å². The normalized spacial score (nSPS) is 20.2. The van der Waals surface area contributed by atoms with Crippen LogP contribution in [0.5, 0.6) is 0 Å². The molecule has 0 radical (unpaired) electrons. The molecule has 0 aromatic rings. The molecule has 0 bridgehead atoms. The zero-order valence-electron chi connectivity index (χ0n) is 10.5. The predicted octanol–water partition coefficient (Wildman–Crippen LogP) is 1.96. The molecule has 1 fully saturated rings. The largest absolute Gasteiger partial charge is 0.478 e. The third-order valence-corrected chi connectivity index (χ3v) is 3.01. The van der Waals surface area contributed by atoms with Crippen molar-refractivity contribution in [2.45, 2.75) is 39.5 Å². The first kappa shape index (κ1) is 13.7. The van der Waals surface area contributed by atoms with Gasteiger partial charge in [-0.15, -0.1) is 0 Å². The summed E-state index contributed by atoms with van der Waals surface area (Å²) >= 11 is 0. The topological polar surface area (TPSA) is 66.4 Å². The van der Waals surface area contributed by atoms with Gasteiger partial charge in [0, 0.05) is 18.5 Å². The number of nitrogens with one attached hydrogen (secondary N) is 1. The molecule has 0 spiro atoms. The van der Waals surface area contributed by atoms with E-state index >= 15 is 0 Å². The fourth-order valence-electron chi connectivity index (χ4n) is 2.02. The summed E-state index contributed by atoms with van der Waals surface area (Å²) in [6, 6.07) is 0. The molecule has 0 heterocycles. The Bertz CT molecular complexity index is 311. The molecular weight excluding hydrogens is 218 g/mol. The molecule has 0 unspecified atom stereocenters. The van der Waals surface area contributed by atoms with E-state index in [1.807, 2.05) is 0 Å². The highest BCUT2D eigenvalue weighted by Gasteiger charge is 2.23. The number of allylic oxidation sites excluding steroid dienone is 1. The lowest BCUT2D eigenvalue weighted by molar-refractivity contribution is -0.131. The van der Waals surface area contributed by atoms with Crippen molar-refractivity contribution in [1.29, 1.82) is 0 Å². The number of carboxylic acid groups (broad SMARTS) is 1. The molecule has 1 amide bonds. The smallest absolute Gasteiger partial charge is 0.328 e. The van der Waals surface area contributed by atoms with E-state index in [9.17, 15) is 9.59 Å². The molecule has 0 saturated heterocycles. The third kappa shape index (κ3) is 5.02. The van der Waals surface area contributed by atoms with Crippen LogP contribution in [0.4, 0.5) is 0 Å². The van der Waals surface area contributed by atoms with Crippen molar-refractivity contribution >= 4 is 11.9 Å². The van der Waals surface area contributed by atoms with Crippen LogP contribution in [0.3, 0.4) is 0 Å². The molecule has 2 N–H and O–H groups in total. The Morgan fingerprint density at radius 3 is 2.47 bits per heavy atom. The Labute approximate surface area is 102 Å². The van der Waals surface area contributed by atoms with Gasteiger partial charge in [0.1, 0.15) is 0 Å². The number of carbonyl (C=O) groups excluding carboxylic acids is 1. The van der Waals surface area contributed by atoms with Gasteiger partial charge in [0.25, 0.3) is 0 Å². The number of hydrogen-bond donors (Lipinski definition) is 2. The second-order valence-electron chi connectivity index (χ2n) is 5.05. The number of carbonyl (C=O) groups is 2. The van der Waals surface area contributed by atoms with E-state index in [0.29, 0.717) is 12.5 Å². The maximum Gasteiger partial charge on any atom is 0.328 e. The van der Waals surface area contributed by atoms with Crippen LogP contribution in [-0.2, 0) is 9.59 Å². The van der Waals surface area contributed by atoms with Gasteiger partial charge in [-0.3, -0.25) is 4.79 Å². The standard InChI is InChI=1S/C13H21NO3/c1-9(2)8-14-13(17)11-5-3-10(4-6-11)7-12(15)16/h7,9,11H,3-6,8H2,1-2H3,(H,14,17)(H,15,16). The number of aliphatic carboxylic acids is 1. The van der Waals surface area contributed by atoms with Crippen LogP contribution >= 0.6 is 0 Å².